The van der Waals surface area contributed by atoms with E-state index < -0.39 is 0 Å². The molecule has 0 aliphatic carbocycles. The van der Waals surface area contributed by atoms with E-state index in [0.29, 0.717) is 23.8 Å². The maximum absolute atomic E-state index is 13.8. The normalized spacial score (nSPS) is 11.0. The first kappa shape index (κ1) is 16.1. The molecule has 1 aromatic carbocycles. The van der Waals surface area contributed by atoms with Crippen LogP contribution >= 0.6 is 15.9 Å². The topological polar surface area (TPSA) is 47.3 Å². The lowest BCUT2D eigenvalue weighted by Crippen LogP contribution is -2.20. The fraction of sp³-hybridized carbons (Fsp3) is 0.400. The maximum atomic E-state index is 13.8. The Labute approximate surface area is 131 Å². The minimum Gasteiger partial charge on any atom is -0.441 e. The fourth-order valence-corrected chi connectivity index (χ4v) is 2.26. The zero-order valence-corrected chi connectivity index (χ0v) is 13.5. The van der Waals surface area contributed by atoms with Crippen molar-refractivity contribution < 1.29 is 13.5 Å². The highest BCUT2D eigenvalue weighted by Gasteiger charge is 2.11. The van der Waals surface area contributed by atoms with Crippen LogP contribution in [0.1, 0.15) is 12.3 Å². The van der Waals surface area contributed by atoms with Crippen molar-refractivity contribution in [3.8, 4) is 11.3 Å². The number of nitrogens with one attached hydrogen (secondary N) is 1. The third-order valence-corrected chi connectivity index (χ3v) is 3.47. The molecule has 0 atom stereocenters. The molecule has 4 nitrogen and oxygen atoms in total. The van der Waals surface area contributed by atoms with Crippen LogP contribution in [0.3, 0.4) is 0 Å². The van der Waals surface area contributed by atoms with E-state index in [1.807, 2.05) is 0 Å². The van der Waals surface area contributed by atoms with Gasteiger partial charge in [-0.2, -0.15) is 0 Å². The van der Waals surface area contributed by atoms with Crippen LogP contribution in [0.25, 0.3) is 11.3 Å². The quantitative estimate of drug-likeness (QED) is 0.736. The standard InChI is InChI=1S/C15H18BrFN2O2/c1-20-8-7-18-6-2-3-15-19-10-14(21-15)12-9-11(16)4-5-13(12)17/h4-5,9-10,18H,2-3,6-8H2,1H3. The van der Waals surface area contributed by atoms with Crippen LogP contribution in [0.5, 0.6) is 0 Å². The van der Waals surface area contributed by atoms with Crippen molar-refractivity contribution >= 4 is 15.9 Å². The molecule has 0 spiro atoms. The molecule has 0 amide bonds. The van der Waals surface area contributed by atoms with Crippen molar-refractivity contribution in [1.82, 2.24) is 10.3 Å². The Hall–Kier alpha value is -1.24. The van der Waals surface area contributed by atoms with E-state index in [2.05, 4.69) is 26.2 Å². The molecule has 0 radical (unpaired) electrons. The Kier molecular flexibility index (Phi) is 6.35. The van der Waals surface area contributed by atoms with E-state index in [1.54, 1.807) is 25.4 Å². The van der Waals surface area contributed by atoms with Crippen LogP contribution in [-0.4, -0.2) is 31.8 Å². The number of hydrogen-bond donors (Lipinski definition) is 1. The molecule has 0 bridgehead atoms. The summed E-state index contributed by atoms with van der Waals surface area (Å²) in [5.41, 5.74) is 0.418. The van der Waals surface area contributed by atoms with E-state index in [9.17, 15) is 4.39 Å². The molecule has 0 aliphatic heterocycles. The third kappa shape index (κ3) is 4.91. The molecular formula is C15H18BrFN2O2. The van der Waals surface area contributed by atoms with Gasteiger partial charge in [-0.25, -0.2) is 9.37 Å². The predicted octanol–water partition coefficient (Wildman–Crippen LogP) is 3.41. The van der Waals surface area contributed by atoms with Gasteiger partial charge in [-0.3, -0.25) is 0 Å². The molecule has 0 aliphatic rings. The molecule has 0 fully saturated rings. The van der Waals surface area contributed by atoms with Gasteiger partial charge >= 0.3 is 0 Å². The van der Waals surface area contributed by atoms with E-state index in [4.69, 9.17) is 9.15 Å². The summed E-state index contributed by atoms with van der Waals surface area (Å²) in [5, 5.41) is 3.25. The first-order chi connectivity index (χ1) is 10.2. The van der Waals surface area contributed by atoms with Gasteiger partial charge in [0.1, 0.15) is 5.82 Å². The Bertz CT molecular complexity index is 575. The van der Waals surface area contributed by atoms with Gasteiger partial charge in [0, 0.05) is 24.5 Å². The summed E-state index contributed by atoms with van der Waals surface area (Å²) in [6, 6.07) is 4.75. The second-order valence-electron chi connectivity index (χ2n) is 4.59. The molecule has 114 valence electrons. The molecule has 1 heterocycles. The van der Waals surface area contributed by atoms with Crippen molar-refractivity contribution in [1.29, 1.82) is 0 Å². The Balaban J connectivity index is 1.88. The second-order valence-corrected chi connectivity index (χ2v) is 5.50. The van der Waals surface area contributed by atoms with Crippen molar-refractivity contribution in [3.63, 3.8) is 0 Å². The Morgan fingerprint density at radius 3 is 3.05 bits per heavy atom. The molecule has 2 rings (SSSR count). The third-order valence-electron chi connectivity index (χ3n) is 2.97. The van der Waals surface area contributed by atoms with Crippen molar-refractivity contribution in [3.05, 3.63) is 40.6 Å². The number of nitrogens with zero attached hydrogens (tertiary/aromatic N) is 1. The molecule has 0 unspecified atom stereocenters. The highest BCUT2D eigenvalue weighted by atomic mass is 79.9. The zero-order valence-electron chi connectivity index (χ0n) is 11.9. The largest absolute Gasteiger partial charge is 0.441 e. The fourth-order valence-electron chi connectivity index (χ4n) is 1.90. The lowest BCUT2D eigenvalue weighted by atomic mass is 10.2. The highest BCUT2D eigenvalue weighted by molar-refractivity contribution is 9.10. The first-order valence-electron chi connectivity index (χ1n) is 6.80. The van der Waals surface area contributed by atoms with Crippen molar-refractivity contribution in [2.75, 3.05) is 26.8 Å². The van der Waals surface area contributed by atoms with Crippen molar-refractivity contribution in [2.45, 2.75) is 12.8 Å². The van der Waals surface area contributed by atoms with Crippen LogP contribution < -0.4 is 5.32 Å². The lowest BCUT2D eigenvalue weighted by Gasteiger charge is -2.02. The number of ether oxygens (including phenoxy) is 1. The SMILES string of the molecule is COCCNCCCc1ncc(-c2cc(Br)ccc2F)o1. The van der Waals surface area contributed by atoms with E-state index >= 15 is 0 Å². The molecular weight excluding hydrogens is 339 g/mol. The number of aromatic nitrogens is 1. The van der Waals surface area contributed by atoms with Gasteiger partial charge in [0.25, 0.3) is 0 Å². The Morgan fingerprint density at radius 1 is 1.38 bits per heavy atom. The highest BCUT2D eigenvalue weighted by Crippen LogP contribution is 2.27. The van der Waals surface area contributed by atoms with Gasteiger partial charge in [0.15, 0.2) is 11.7 Å². The summed E-state index contributed by atoms with van der Waals surface area (Å²) in [6.45, 7) is 2.40. The minimum atomic E-state index is -0.317. The lowest BCUT2D eigenvalue weighted by molar-refractivity contribution is 0.199. The number of hydrogen-bond acceptors (Lipinski definition) is 4. The monoisotopic (exact) mass is 356 g/mol. The number of rotatable bonds is 8. The van der Waals surface area contributed by atoms with E-state index in [0.717, 1.165) is 30.4 Å². The molecule has 21 heavy (non-hydrogen) atoms. The van der Waals surface area contributed by atoms with Gasteiger partial charge < -0.3 is 14.5 Å². The van der Waals surface area contributed by atoms with E-state index in [-0.39, 0.29) is 5.82 Å². The average Bonchev–Trinajstić information content (AvgIpc) is 2.94. The second kappa shape index (κ2) is 8.26. The van der Waals surface area contributed by atoms with Gasteiger partial charge in [0.2, 0.25) is 0 Å². The summed E-state index contributed by atoms with van der Waals surface area (Å²) < 4.78 is 25.1. The molecule has 1 N–H and O–H groups in total. The minimum absolute atomic E-state index is 0.317. The molecule has 0 saturated heterocycles. The molecule has 2 aromatic rings. The number of halogens is 2. The van der Waals surface area contributed by atoms with Crippen molar-refractivity contribution in [2.24, 2.45) is 0 Å². The summed E-state index contributed by atoms with van der Waals surface area (Å²) >= 11 is 3.33. The van der Waals surface area contributed by atoms with Gasteiger partial charge in [-0.15, -0.1) is 0 Å². The van der Waals surface area contributed by atoms with E-state index in [1.165, 1.54) is 6.07 Å². The smallest absolute Gasteiger partial charge is 0.194 e. The first-order valence-corrected chi connectivity index (χ1v) is 7.60. The zero-order chi connectivity index (χ0) is 15.1. The summed E-state index contributed by atoms with van der Waals surface area (Å²) in [5.74, 6) is 0.760. The molecule has 6 heteroatoms. The predicted molar refractivity (Wildman–Crippen MR) is 82.7 cm³/mol. The van der Waals surface area contributed by atoms with Crippen LogP contribution in [0.2, 0.25) is 0 Å². The maximum Gasteiger partial charge on any atom is 0.194 e. The summed E-state index contributed by atoms with van der Waals surface area (Å²) in [6.07, 6.45) is 3.19. The molecule has 0 saturated carbocycles. The van der Waals surface area contributed by atoms with Crippen LogP contribution in [0.4, 0.5) is 4.39 Å². The van der Waals surface area contributed by atoms with Gasteiger partial charge in [0.05, 0.1) is 18.4 Å². The van der Waals surface area contributed by atoms with Crippen LogP contribution in [-0.2, 0) is 11.2 Å². The Morgan fingerprint density at radius 2 is 2.24 bits per heavy atom. The average molecular weight is 357 g/mol. The number of oxazole rings is 1. The summed E-state index contributed by atoms with van der Waals surface area (Å²) in [4.78, 5) is 4.20. The van der Waals surface area contributed by atoms with Crippen LogP contribution in [0, 0.1) is 5.82 Å². The van der Waals surface area contributed by atoms with Gasteiger partial charge in [-0.1, -0.05) is 15.9 Å². The van der Waals surface area contributed by atoms with Gasteiger partial charge in [-0.05, 0) is 31.2 Å². The molecule has 1 aromatic heterocycles. The number of benzene rings is 1. The number of aryl methyl sites for hydroxylation is 1. The van der Waals surface area contributed by atoms with Crippen LogP contribution in [0.15, 0.2) is 33.3 Å². The number of methoxy groups -OCH3 is 1. The summed E-state index contributed by atoms with van der Waals surface area (Å²) in [7, 11) is 1.68.